The molecule has 0 bridgehead atoms. The summed E-state index contributed by atoms with van der Waals surface area (Å²) in [5.41, 5.74) is -0.266. The Balaban J connectivity index is 1.43. The van der Waals surface area contributed by atoms with Crippen LogP contribution in [0.15, 0.2) is 29.2 Å². The van der Waals surface area contributed by atoms with E-state index in [4.69, 9.17) is 0 Å². The Morgan fingerprint density at radius 3 is 2.72 bits per heavy atom. The van der Waals surface area contributed by atoms with Gasteiger partial charge < -0.3 is 4.90 Å². The van der Waals surface area contributed by atoms with Crippen LogP contribution in [0.1, 0.15) is 22.7 Å². The van der Waals surface area contributed by atoms with Gasteiger partial charge in [0.1, 0.15) is 10.8 Å². The normalized spacial score (nSPS) is 16.3. The molecule has 11 heteroatoms. The van der Waals surface area contributed by atoms with E-state index in [1.807, 2.05) is 4.90 Å². The average molecular weight is 424 g/mol. The van der Waals surface area contributed by atoms with Crippen molar-refractivity contribution in [2.45, 2.75) is 26.1 Å². The molecule has 0 radical (unpaired) electrons. The van der Waals surface area contributed by atoms with Gasteiger partial charge in [0.15, 0.2) is 0 Å². The van der Waals surface area contributed by atoms with Gasteiger partial charge in [0.05, 0.1) is 12.1 Å². The molecule has 1 aliphatic heterocycles. The Morgan fingerprint density at radius 1 is 1.17 bits per heavy atom. The van der Waals surface area contributed by atoms with Gasteiger partial charge >= 0.3 is 6.18 Å². The van der Waals surface area contributed by atoms with Crippen LogP contribution in [0, 0.1) is 6.92 Å². The van der Waals surface area contributed by atoms with Gasteiger partial charge in [0.25, 0.3) is 5.56 Å². The lowest BCUT2D eigenvalue weighted by molar-refractivity contribution is -0.137. The van der Waals surface area contributed by atoms with Crippen molar-refractivity contribution in [2.75, 3.05) is 31.1 Å². The third-order valence-corrected chi connectivity index (χ3v) is 5.65. The molecule has 1 aliphatic rings. The zero-order valence-corrected chi connectivity index (χ0v) is 16.5. The molecule has 154 valence electrons. The minimum Gasteiger partial charge on any atom is -0.355 e. The lowest BCUT2D eigenvalue weighted by Gasteiger charge is -2.22. The molecule has 0 amide bonds. The number of alkyl halides is 3. The zero-order valence-electron chi connectivity index (χ0n) is 15.7. The summed E-state index contributed by atoms with van der Waals surface area (Å²) in [6, 6.07) is 3.95. The molecule has 1 saturated heterocycles. The Morgan fingerprint density at radius 2 is 2.00 bits per heavy atom. The molecule has 3 aromatic rings. The first-order valence-electron chi connectivity index (χ1n) is 9.16. The highest BCUT2D eigenvalue weighted by Gasteiger charge is 2.31. The van der Waals surface area contributed by atoms with Crippen LogP contribution in [0.25, 0.3) is 4.96 Å². The molecule has 4 rings (SSSR count). The first-order valence-corrected chi connectivity index (χ1v) is 9.98. The molecule has 0 saturated carbocycles. The maximum Gasteiger partial charge on any atom is 0.417 e. The van der Waals surface area contributed by atoms with E-state index in [2.05, 4.69) is 20.0 Å². The standard InChI is InChI=1S/C18H19F3N6OS/c1-12-9-16(28)27-17(23-12)29-15(24-27)11-25-5-2-6-26(8-7-25)14-4-3-13(10-22-14)18(19,20)21/h3-4,9-10H,2,5-8,11H2,1H3. The third kappa shape index (κ3) is 4.40. The predicted octanol–water partition coefficient (Wildman–Crippen LogP) is 2.59. The second-order valence-electron chi connectivity index (χ2n) is 6.95. The van der Waals surface area contributed by atoms with E-state index in [1.54, 1.807) is 6.92 Å². The number of halogens is 3. The third-order valence-electron chi connectivity index (χ3n) is 4.76. The molecule has 0 aliphatic carbocycles. The maximum atomic E-state index is 12.7. The second kappa shape index (κ2) is 7.71. The van der Waals surface area contributed by atoms with Gasteiger partial charge in [-0.15, -0.1) is 0 Å². The summed E-state index contributed by atoms with van der Waals surface area (Å²) in [5.74, 6) is 0.547. The number of hydrogen-bond donors (Lipinski definition) is 0. The topological polar surface area (TPSA) is 66.6 Å². The molecule has 7 nitrogen and oxygen atoms in total. The van der Waals surface area contributed by atoms with Gasteiger partial charge in [-0.05, 0) is 25.5 Å². The van der Waals surface area contributed by atoms with Crippen LogP contribution in [0.5, 0.6) is 0 Å². The smallest absolute Gasteiger partial charge is 0.355 e. The fourth-order valence-corrected chi connectivity index (χ4v) is 4.30. The van der Waals surface area contributed by atoms with Gasteiger partial charge in [-0.3, -0.25) is 9.69 Å². The first kappa shape index (κ1) is 19.8. The molecule has 0 unspecified atom stereocenters. The van der Waals surface area contributed by atoms with Crippen molar-refractivity contribution in [3.8, 4) is 0 Å². The van der Waals surface area contributed by atoms with Gasteiger partial charge in [0.2, 0.25) is 4.96 Å². The van der Waals surface area contributed by atoms with E-state index in [-0.39, 0.29) is 5.56 Å². The predicted molar refractivity (Wildman–Crippen MR) is 103 cm³/mol. The van der Waals surface area contributed by atoms with Crippen LogP contribution < -0.4 is 10.5 Å². The van der Waals surface area contributed by atoms with Crippen molar-refractivity contribution in [3.05, 3.63) is 51.0 Å². The summed E-state index contributed by atoms with van der Waals surface area (Å²) in [6.07, 6.45) is -2.65. The van der Waals surface area contributed by atoms with Gasteiger partial charge in [0, 0.05) is 44.1 Å². The van der Waals surface area contributed by atoms with Gasteiger partial charge in [-0.1, -0.05) is 11.3 Å². The van der Waals surface area contributed by atoms with Crippen molar-refractivity contribution < 1.29 is 13.2 Å². The zero-order chi connectivity index (χ0) is 20.6. The molecule has 0 N–H and O–H groups in total. The van der Waals surface area contributed by atoms with E-state index < -0.39 is 11.7 Å². The highest BCUT2D eigenvalue weighted by Crippen LogP contribution is 2.29. The minimum atomic E-state index is -4.38. The van der Waals surface area contributed by atoms with Crippen molar-refractivity contribution in [3.63, 3.8) is 0 Å². The number of aromatic nitrogens is 4. The van der Waals surface area contributed by atoms with Crippen LogP contribution in [0.4, 0.5) is 19.0 Å². The molecule has 0 atom stereocenters. The van der Waals surface area contributed by atoms with Crippen molar-refractivity contribution in [1.29, 1.82) is 0 Å². The lowest BCUT2D eigenvalue weighted by atomic mass is 10.2. The highest BCUT2D eigenvalue weighted by atomic mass is 32.1. The summed E-state index contributed by atoms with van der Waals surface area (Å²) in [4.78, 5) is 25.2. The Bertz CT molecular complexity index is 1060. The monoisotopic (exact) mass is 424 g/mol. The average Bonchev–Trinajstić information content (AvgIpc) is 2.91. The molecule has 1 fully saturated rings. The number of nitrogens with zero attached hydrogens (tertiary/aromatic N) is 6. The SMILES string of the molecule is Cc1cc(=O)n2nc(CN3CCCN(c4ccc(C(F)(F)F)cn4)CC3)sc2n1. The number of pyridine rings is 1. The van der Waals surface area contributed by atoms with Crippen molar-refractivity contribution >= 4 is 22.1 Å². The van der Waals surface area contributed by atoms with Crippen LogP contribution in [-0.2, 0) is 12.7 Å². The number of anilines is 1. The summed E-state index contributed by atoms with van der Waals surface area (Å²) < 4.78 is 39.5. The Kier molecular flexibility index (Phi) is 5.26. The number of fused-ring (bicyclic) bond motifs is 1. The van der Waals surface area contributed by atoms with E-state index in [9.17, 15) is 18.0 Å². The van der Waals surface area contributed by atoms with Crippen LogP contribution in [0.2, 0.25) is 0 Å². The fourth-order valence-electron chi connectivity index (χ4n) is 3.31. The van der Waals surface area contributed by atoms with E-state index in [0.29, 0.717) is 29.6 Å². The Hall–Kier alpha value is -2.53. The second-order valence-corrected chi connectivity index (χ2v) is 7.99. The summed E-state index contributed by atoms with van der Waals surface area (Å²) in [7, 11) is 0. The van der Waals surface area contributed by atoms with E-state index in [1.165, 1.54) is 28.0 Å². The molecule has 4 heterocycles. The maximum absolute atomic E-state index is 12.7. The molecule has 0 spiro atoms. The van der Waals surface area contributed by atoms with Crippen LogP contribution in [0.3, 0.4) is 0 Å². The number of aryl methyl sites for hydroxylation is 1. The van der Waals surface area contributed by atoms with Gasteiger partial charge in [-0.25, -0.2) is 9.97 Å². The summed E-state index contributed by atoms with van der Waals surface area (Å²) >= 11 is 1.39. The first-order chi connectivity index (χ1) is 13.8. The molecule has 29 heavy (non-hydrogen) atoms. The summed E-state index contributed by atoms with van der Waals surface area (Å²) in [5, 5.41) is 5.18. The van der Waals surface area contributed by atoms with E-state index >= 15 is 0 Å². The van der Waals surface area contributed by atoms with E-state index in [0.717, 1.165) is 43.3 Å². The lowest BCUT2D eigenvalue weighted by Crippen LogP contribution is -2.31. The number of hydrogen-bond acceptors (Lipinski definition) is 7. The fraction of sp³-hybridized carbons (Fsp3) is 0.444. The molecular weight excluding hydrogens is 405 g/mol. The quantitative estimate of drug-likeness (QED) is 0.644. The minimum absolute atomic E-state index is 0.189. The molecular formula is C18H19F3N6OS. The highest BCUT2D eigenvalue weighted by molar-refractivity contribution is 7.16. The largest absolute Gasteiger partial charge is 0.417 e. The molecule has 3 aromatic heterocycles. The Labute approximate surface area is 168 Å². The number of rotatable bonds is 3. The van der Waals surface area contributed by atoms with Gasteiger partial charge in [-0.2, -0.15) is 22.8 Å². The van der Waals surface area contributed by atoms with Crippen molar-refractivity contribution in [2.24, 2.45) is 0 Å². The molecule has 0 aromatic carbocycles. The van der Waals surface area contributed by atoms with Crippen molar-refractivity contribution in [1.82, 2.24) is 24.5 Å². The summed E-state index contributed by atoms with van der Waals surface area (Å²) in [6.45, 7) is 5.30. The van der Waals surface area contributed by atoms with Crippen LogP contribution in [-0.4, -0.2) is 50.7 Å². The van der Waals surface area contributed by atoms with Crippen LogP contribution >= 0.6 is 11.3 Å².